The molecule has 1 aromatic heterocycles. The van der Waals surface area contributed by atoms with E-state index in [-0.39, 0.29) is 5.60 Å². The van der Waals surface area contributed by atoms with Crippen molar-refractivity contribution in [3.8, 4) is 0 Å². The third-order valence-corrected chi connectivity index (χ3v) is 4.39. The summed E-state index contributed by atoms with van der Waals surface area (Å²) in [6.45, 7) is 8.34. The molecule has 2 rings (SSSR count). The lowest BCUT2D eigenvalue weighted by Crippen LogP contribution is -2.36. The maximum absolute atomic E-state index is 5.93. The second-order valence-corrected chi connectivity index (χ2v) is 6.40. The molecule has 1 saturated carbocycles. The topological polar surface area (TPSA) is 47.0 Å². The van der Waals surface area contributed by atoms with Crippen molar-refractivity contribution < 1.29 is 4.74 Å². The van der Waals surface area contributed by atoms with Crippen LogP contribution in [0, 0.1) is 12.8 Å². The Labute approximate surface area is 128 Å². The van der Waals surface area contributed by atoms with Crippen LogP contribution in [0.1, 0.15) is 63.2 Å². The van der Waals surface area contributed by atoms with Gasteiger partial charge in [0.2, 0.25) is 0 Å². The van der Waals surface area contributed by atoms with E-state index in [1.165, 1.54) is 12.8 Å². The minimum absolute atomic E-state index is 0.288. The van der Waals surface area contributed by atoms with Crippen LogP contribution in [-0.2, 0) is 16.9 Å². The normalized spacial score (nSPS) is 26.0. The maximum atomic E-state index is 5.93. The summed E-state index contributed by atoms with van der Waals surface area (Å²) in [7, 11) is 1.80. The SMILES string of the molecule is CCCNCc1cc(C)nc(C2(OC)CCCC(C)C2)n1. The number of methoxy groups -OCH3 is 1. The predicted molar refractivity (Wildman–Crippen MR) is 85.1 cm³/mol. The van der Waals surface area contributed by atoms with Gasteiger partial charge in [-0.05, 0) is 51.1 Å². The van der Waals surface area contributed by atoms with Crippen LogP contribution in [-0.4, -0.2) is 23.6 Å². The van der Waals surface area contributed by atoms with Crippen LogP contribution < -0.4 is 5.32 Å². The van der Waals surface area contributed by atoms with Gasteiger partial charge in [0.1, 0.15) is 5.60 Å². The lowest BCUT2D eigenvalue weighted by atomic mass is 9.78. The summed E-state index contributed by atoms with van der Waals surface area (Å²) < 4.78 is 5.93. The summed E-state index contributed by atoms with van der Waals surface area (Å²) in [6.07, 6.45) is 5.65. The Morgan fingerprint density at radius 1 is 1.43 bits per heavy atom. The van der Waals surface area contributed by atoms with Crippen molar-refractivity contribution in [2.75, 3.05) is 13.7 Å². The molecule has 1 aliphatic carbocycles. The largest absolute Gasteiger partial charge is 0.370 e. The van der Waals surface area contributed by atoms with Gasteiger partial charge in [-0.1, -0.05) is 20.3 Å². The van der Waals surface area contributed by atoms with E-state index in [0.29, 0.717) is 5.92 Å². The van der Waals surface area contributed by atoms with Crippen LogP contribution in [0.15, 0.2) is 6.07 Å². The van der Waals surface area contributed by atoms with Gasteiger partial charge in [-0.25, -0.2) is 9.97 Å². The van der Waals surface area contributed by atoms with Crippen molar-refractivity contribution in [2.45, 2.75) is 65.0 Å². The van der Waals surface area contributed by atoms with Crippen molar-refractivity contribution in [1.29, 1.82) is 0 Å². The number of ether oxygens (including phenoxy) is 1. The lowest BCUT2D eigenvalue weighted by Gasteiger charge is -2.37. The first-order valence-electron chi connectivity index (χ1n) is 8.20. The van der Waals surface area contributed by atoms with E-state index < -0.39 is 0 Å². The van der Waals surface area contributed by atoms with Gasteiger partial charge >= 0.3 is 0 Å². The Bertz CT molecular complexity index is 463. The van der Waals surface area contributed by atoms with Crippen LogP contribution in [0.5, 0.6) is 0 Å². The Hall–Kier alpha value is -1.00. The third kappa shape index (κ3) is 4.01. The highest BCUT2D eigenvalue weighted by atomic mass is 16.5. The summed E-state index contributed by atoms with van der Waals surface area (Å²) in [5, 5.41) is 3.42. The molecule has 0 bridgehead atoms. The van der Waals surface area contributed by atoms with Crippen molar-refractivity contribution in [3.05, 3.63) is 23.3 Å². The first-order valence-corrected chi connectivity index (χ1v) is 8.20. The van der Waals surface area contributed by atoms with Crippen LogP contribution in [0.4, 0.5) is 0 Å². The van der Waals surface area contributed by atoms with Crippen LogP contribution >= 0.6 is 0 Å². The van der Waals surface area contributed by atoms with Crippen LogP contribution in [0.25, 0.3) is 0 Å². The Morgan fingerprint density at radius 3 is 2.90 bits per heavy atom. The number of nitrogens with one attached hydrogen (secondary N) is 1. The van der Waals surface area contributed by atoms with E-state index in [9.17, 15) is 0 Å². The molecule has 1 aromatic rings. The van der Waals surface area contributed by atoms with Crippen molar-refractivity contribution in [2.24, 2.45) is 5.92 Å². The minimum Gasteiger partial charge on any atom is -0.370 e. The van der Waals surface area contributed by atoms with Gasteiger partial charge in [0, 0.05) is 19.3 Å². The van der Waals surface area contributed by atoms with Gasteiger partial charge in [0.15, 0.2) is 5.82 Å². The van der Waals surface area contributed by atoms with Crippen molar-refractivity contribution >= 4 is 0 Å². The fourth-order valence-corrected chi connectivity index (χ4v) is 3.30. The second kappa shape index (κ2) is 7.32. The fraction of sp³-hybridized carbons (Fsp3) is 0.765. The van der Waals surface area contributed by atoms with E-state index in [1.807, 2.05) is 6.92 Å². The van der Waals surface area contributed by atoms with Crippen LogP contribution in [0.3, 0.4) is 0 Å². The number of hydrogen-bond donors (Lipinski definition) is 1. The molecule has 4 nitrogen and oxygen atoms in total. The molecule has 1 aliphatic rings. The highest BCUT2D eigenvalue weighted by Crippen LogP contribution is 2.41. The van der Waals surface area contributed by atoms with Gasteiger partial charge in [0.25, 0.3) is 0 Å². The Balaban J connectivity index is 2.24. The van der Waals surface area contributed by atoms with Crippen molar-refractivity contribution in [3.63, 3.8) is 0 Å². The van der Waals surface area contributed by atoms with E-state index in [4.69, 9.17) is 14.7 Å². The number of nitrogens with zero attached hydrogens (tertiary/aromatic N) is 2. The number of hydrogen-bond acceptors (Lipinski definition) is 4. The number of aromatic nitrogens is 2. The van der Waals surface area contributed by atoms with Gasteiger partial charge < -0.3 is 10.1 Å². The molecule has 0 saturated heterocycles. The molecule has 0 radical (unpaired) electrons. The van der Waals surface area contributed by atoms with E-state index in [1.54, 1.807) is 7.11 Å². The predicted octanol–water partition coefficient (Wildman–Crippen LogP) is 3.34. The minimum atomic E-state index is -0.288. The first kappa shape index (κ1) is 16.4. The van der Waals surface area contributed by atoms with Gasteiger partial charge in [-0.2, -0.15) is 0 Å². The molecule has 21 heavy (non-hydrogen) atoms. The Morgan fingerprint density at radius 2 is 2.24 bits per heavy atom. The molecule has 2 unspecified atom stereocenters. The second-order valence-electron chi connectivity index (χ2n) is 6.40. The fourth-order valence-electron chi connectivity index (χ4n) is 3.30. The molecular weight excluding hydrogens is 262 g/mol. The molecule has 2 atom stereocenters. The molecule has 0 aliphatic heterocycles. The number of aryl methyl sites for hydroxylation is 1. The summed E-state index contributed by atoms with van der Waals surface area (Å²) >= 11 is 0. The van der Waals surface area contributed by atoms with Gasteiger partial charge in [-0.3, -0.25) is 0 Å². The molecule has 1 heterocycles. The standard InChI is InChI=1S/C17H29N3O/c1-5-9-18-12-15-10-14(3)19-16(20-15)17(21-4)8-6-7-13(2)11-17/h10,13,18H,5-9,11-12H2,1-4H3. The lowest BCUT2D eigenvalue weighted by molar-refractivity contribution is -0.0648. The van der Waals surface area contributed by atoms with Crippen molar-refractivity contribution in [1.82, 2.24) is 15.3 Å². The summed E-state index contributed by atoms with van der Waals surface area (Å²) in [5.74, 6) is 1.55. The zero-order chi connectivity index (χ0) is 15.3. The average molecular weight is 291 g/mol. The third-order valence-electron chi connectivity index (χ3n) is 4.39. The highest BCUT2D eigenvalue weighted by Gasteiger charge is 2.39. The molecule has 118 valence electrons. The maximum Gasteiger partial charge on any atom is 0.160 e. The smallest absolute Gasteiger partial charge is 0.160 e. The average Bonchev–Trinajstić information content (AvgIpc) is 2.47. The van der Waals surface area contributed by atoms with Crippen LogP contribution in [0.2, 0.25) is 0 Å². The monoisotopic (exact) mass is 291 g/mol. The molecular formula is C17H29N3O. The van der Waals surface area contributed by atoms with E-state index in [0.717, 1.165) is 49.6 Å². The Kier molecular flexibility index (Phi) is 5.71. The van der Waals surface area contributed by atoms with E-state index >= 15 is 0 Å². The number of rotatable bonds is 6. The quantitative estimate of drug-likeness (QED) is 0.817. The molecule has 1 N–H and O–H groups in total. The molecule has 0 spiro atoms. The molecule has 1 fully saturated rings. The molecule has 4 heteroatoms. The summed E-state index contributed by atoms with van der Waals surface area (Å²) in [4.78, 5) is 9.51. The first-order chi connectivity index (χ1) is 10.1. The summed E-state index contributed by atoms with van der Waals surface area (Å²) in [5.41, 5.74) is 1.81. The van der Waals surface area contributed by atoms with Gasteiger partial charge in [0.05, 0.1) is 5.69 Å². The highest BCUT2D eigenvalue weighted by molar-refractivity contribution is 5.15. The van der Waals surface area contributed by atoms with Gasteiger partial charge in [-0.15, -0.1) is 0 Å². The zero-order valence-electron chi connectivity index (χ0n) is 13.9. The molecule has 0 aromatic carbocycles. The summed E-state index contributed by atoms with van der Waals surface area (Å²) in [6, 6.07) is 2.07. The zero-order valence-corrected chi connectivity index (χ0v) is 13.9. The molecule has 0 amide bonds. The van der Waals surface area contributed by atoms with E-state index in [2.05, 4.69) is 25.2 Å².